The third kappa shape index (κ3) is 2.82. The van der Waals surface area contributed by atoms with Crippen LogP contribution >= 0.6 is 23.5 Å². The van der Waals surface area contributed by atoms with E-state index in [2.05, 4.69) is 0 Å². The van der Waals surface area contributed by atoms with Crippen molar-refractivity contribution >= 4 is 41.2 Å². The van der Waals surface area contributed by atoms with Gasteiger partial charge in [-0.1, -0.05) is 18.7 Å². The number of carboxylic acids is 1. The van der Waals surface area contributed by atoms with Crippen LogP contribution in [0, 0.1) is 11.3 Å². The number of aliphatic hydroxyl groups excluding tert-OH is 1. The molecule has 3 heterocycles. The molecule has 24 heavy (non-hydrogen) atoms. The topological polar surface area (TPSA) is 105 Å². The maximum atomic E-state index is 12.3. The fourth-order valence-electron chi connectivity index (χ4n) is 3.28. The van der Waals surface area contributed by atoms with Gasteiger partial charge in [-0.05, 0) is 19.8 Å². The zero-order chi connectivity index (χ0) is 17.6. The number of amides is 1. The average Bonchev–Trinajstić information content (AvgIpc) is 3.10. The maximum Gasteiger partial charge on any atom is 0.354 e. The number of β-lactam (4-membered cyclic amide) rings is 1. The first-order valence-corrected chi connectivity index (χ1v) is 9.73. The molecule has 4 atom stereocenters. The lowest BCUT2D eigenvalue weighted by Gasteiger charge is -2.44. The Hall–Kier alpha value is -1.19. The van der Waals surface area contributed by atoms with Gasteiger partial charge in [0.15, 0.2) is 5.70 Å². The van der Waals surface area contributed by atoms with Crippen molar-refractivity contribution in [1.82, 2.24) is 9.80 Å². The lowest BCUT2D eigenvalue weighted by atomic mass is 9.90. The van der Waals surface area contributed by atoms with Gasteiger partial charge in [-0.15, -0.1) is 11.8 Å². The van der Waals surface area contributed by atoms with E-state index in [-0.39, 0.29) is 22.2 Å². The predicted molar refractivity (Wildman–Crippen MR) is 93.6 cm³/mol. The summed E-state index contributed by atoms with van der Waals surface area (Å²) in [5.41, 5.74) is 0.0598. The van der Waals surface area contributed by atoms with E-state index in [0.29, 0.717) is 16.5 Å². The van der Waals surface area contributed by atoms with Gasteiger partial charge in [0.2, 0.25) is 5.91 Å². The van der Waals surface area contributed by atoms with Gasteiger partial charge >= 0.3 is 5.97 Å². The highest BCUT2D eigenvalue weighted by Gasteiger charge is 2.58. The molecule has 1 amide bonds. The van der Waals surface area contributed by atoms with Crippen molar-refractivity contribution in [3.05, 3.63) is 9.93 Å². The SMILES string of the molecule is CC[C@H](O)[C@@H]1C(=O)N2C(C(=O)O)=C(S[C@H]3CCN(C(C)=N)C3)S[C@H]12. The van der Waals surface area contributed by atoms with Crippen LogP contribution in [0.2, 0.25) is 0 Å². The Bertz CT molecular complexity index is 624. The van der Waals surface area contributed by atoms with Gasteiger partial charge < -0.3 is 15.1 Å². The van der Waals surface area contributed by atoms with Gasteiger partial charge in [-0.2, -0.15) is 0 Å². The van der Waals surface area contributed by atoms with Crippen molar-refractivity contribution in [2.75, 3.05) is 13.1 Å². The minimum absolute atomic E-state index is 0.0598. The second-order valence-electron chi connectivity index (χ2n) is 6.22. The summed E-state index contributed by atoms with van der Waals surface area (Å²) in [6.45, 7) is 5.09. The molecule has 0 aromatic rings. The Morgan fingerprint density at radius 1 is 1.54 bits per heavy atom. The fourth-order valence-corrected chi connectivity index (χ4v) is 6.56. The molecule has 7 nitrogen and oxygen atoms in total. The Kier molecular flexibility index (Phi) is 4.85. The van der Waals surface area contributed by atoms with Gasteiger partial charge in [-0.25, -0.2) is 4.79 Å². The number of nitrogens with zero attached hydrogens (tertiary/aromatic N) is 2. The number of rotatable bonds is 5. The molecule has 3 rings (SSSR count). The molecule has 0 spiro atoms. The zero-order valence-electron chi connectivity index (χ0n) is 13.6. The number of carboxylic acid groups (broad SMARTS) is 1. The van der Waals surface area contributed by atoms with E-state index in [4.69, 9.17) is 5.41 Å². The number of carbonyl (C=O) groups is 2. The zero-order valence-corrected chi connectivity index (χ0v) is 15.2. The largest absolute Gasteiger partial charge is 0.477 e. The van der Waals surface area contributed by atoms with Crippen LogP contribution in [-0.2, 0) is 9.59 Å². The van der Waals surface area contributed by atoms with Crippen molar-refractivity contribution in [2.45, 2.75) is 43.4 Å². The molecule has 3 aliphatic rings. The third-order valence-electron chi connectivity index (χ3n) is 4.67. The van der Waals surface area contributed by atoms with Crippen LogP contribution < -0.4 is 0 Å². The molecular weight excluding hydrogens is 350 g/mol. The van der Waals surface area contributed by atoms with Crippen LogP contribution in [0.1, 0.15) is 26.7 Å². The molecule has 2 saturated heterocycles. The van der Waals surface area contributed by atoms with Crippen LogP contribution in [-0.4, -0.2) is 67.5 Å². The van der Waals surface area contributed by atoms with Gasteiger partial charge in [0, 0.05) is 18.3 Å². The van der Waals surface area contributed by atoms with E-state index in [1.807, 2.05) is 11.8 Å². The number of likely N-dealkylation sites (tertiary alicyclic amines) is 1. The summed E-state index contributed by atoms with van der Waals surface area (Å²) in [4.78, 5) is 27.2. The number of fused-ring (bicyclic) bond motifs is 1. The summed E-state index contributed by atoms with van der Waals surface area (Å²) in [6.07, 6.45) is 0.632. The number of aliphatic hydroxyl groups is 1. The van der Waals surface area contributed by atoms with Gasteiger partial charge in [0.05, 0.1) is 22.1 Å². The number of carbonyl (C=O) groups excluding carboxylic acids is 1. The molecule has 0 aliphatic carbocycles. The van der Waals surface area contributed by atoms with Crippen LogP contribution in [0.15, 0.2) is 9.93 Å². The van der Waals surface area contributed by atoms with Crippen molar-refractivity contribution in [3.8, 4) is 0 Å². The van der Waals surface area contributed by atoms with Crippen LogP contribution in [0.25, 0.3) is 0 Å². The Morgan fingerprint density at radius 2 is 2.25 bits per heavy atom. The molecule has 0 bridgehead atoms. The van der Waals surface area contributed by atoms with Gasteiger partial charge in [-0.3, -0.25) is 15.1 Å². The third-order valence-corrected chi connectivity index (χ3v) is 7.53. The van der Waals surface area contributed by atoms with Crippen molar-refractivity contribution in [2.24, 2.45) is 5.92 Å². The number of hydrogen-bond acceptors (Lipinski definition) is 6. The maximum absolute atomic E-state index is 12.3. The van der Waals surface area contributed by atoms with Crippen LogP contribution in [0.4, 0.5) is 0 Å². The van der Waals surface area contributed by atoms with E-state index < -0.39 is 18.0 Å². The monoisotopic (exact) mass is 371 g/mol. The molecule has 132 valence electrons. The average molecular weight is 371 g/mol. The highest BCUT2D eigenvalue weighted by Crippen LogP contribution is 2.55. The highest BCUT2D eigenvalue weighted by atomic mass is 32.2. The molecule has 0 aromatic carbocycles. The van der Waals surface area contributed by atoms with Gasteiger partial charge in [0.1, 0.15) is 5.37 Å². The Morgan fingerprint density at radius 3 is 2.79 bits per heavy atom. The summed E-state index contributed by atoms with van der Waals surface area (Å²) >= 11 is 2.87. The predicted octanol–water partition coefficient (Wildman–Crippen LogP) is 1.35. The summed E-state index contributed by atoms with van der Waals surface area (Å²) < 4.78 is 0.654. The van der Waals surface area contributed by atoms with Crippen LogP contribution in [0.3, 0.4) is 0 Å². The van der Waals surface area contributed by atoms with E-state index in [1.165, 1.54) is 28.4 Å². The second kappa shape index (κ2) is 6.61. The van der Waals surface area contributed by atoms with E-state index in [1.54, 1.807) is 6.92 Å². The molecule has 3 aliphatic heterocycles. The Labute approximate surface area is 149 Å². The normalized spacial score (nSPS) is 30.5. The number of hydrogen-bond donors (Lipinski definition) is 3. The minimum Gasteiger partial charge on any atom is -0.477 e. The fraction of sp³-hybridized carbons (Fsp3) is 0.667. The second-order valence-corrected chi connectivity index (χ2v) is 8.92. The molecule has 2 fully saturated rings. The first-order chi connectivity index (χ1) is 11.3. The highest BCUT2D eigenvalue weighted by molar-refractivity contribution is 8.23. The van der Waals surface area contributed by atoms with Crippen LogP contribution in [0.5, 0.6) is 0 Å². The molecule has 0 unspecified atom stereocenters. The van der Waals surface area contributed by atoms with E-state index in [9.17, 15) is 19.8 Å². The molecule has 0 aromatic heterocycles. The van der Waals surface area contributed by atoms with Crippen molar-refractivity contribution < 1.29 is 19.8 Å². The summed E-state index contributed by atoms with van der Waals surface area (Å²) in [5, 5.41) is 27.2. The molecule has 9 heteroatoms. The summed E-state index contributed by atoms with van der Waals surface area (Å²) in [7, 11) is 0. The summed E-state index contributed by atoms with van der Waals surface area (Å²) in [5.74, 6) is -1.38. The van der Waals surface area contributed by atoms with Crippen molar-refractivity contribution in [1.29, 1.82) is 5.41 Å². The quantitative estimate of drug-likeness (QED) is 0.380. The lowest BCUT2D eigenvalue weighted by Crippen LogP contribution is -2.61. The first kappa shape index (κ1) is 17.6. The number of amidine groups is 1. The van der Waals surface area contributed by atoms with Crippen molar-refractivity contribution in [3.63, 3.8) is 0 Å². The lowest BCUT2D eigenvalue weighted by molar-refractivity contribution is -0.157. The minimum atomic E-state index is -1.09. The first-order valence-electron chi connectivity index (χ1n) is 7.97. The Balaban J connectivity index is 1.75. The summed E-state index contributed by atoms with van der Waals surface area (Å²) in [6, 6.07) is 0. The smallest absolute Gasteiger partial charge is 0.354 e. The number of thioether (sulfide) groups is 2. The van der Waals surface area contributed by atoms with E-state index >= 15 is 0 Å². The molecule has 0 radical (unpaired) electrons. The molecule has 3 N–H and O–H groups in total. The molecular formula is C15H21N3O4S2. The number of aliphatic carboxylic acids is 1. The standard InChI is InChI=1S/C15H21N3O4S2/c1-3-9(19)10-12(20)18-11(14(21)22)15(24-13(10)18)23-8-4-5-17(6-8)7(2)16/h8-10,13,16,19H,3-6H2,1-2H3,(H,21,22)/t8-,9-,10+,13+/m0/s1. The molecule has 0 saturated carbocycles. The van der Waals surface area contributed by atoms with Gasteiger partial charge in [0.25, 0.3) is 0 Å². The van der Waals surface area contributed by atoms with E-state index in [0.717, 1.165) is 19.5 Å². The number of nitrogens with one attached hydrogen (secondary N) is 1.